The van der Waals surface area contributed by atoms with Crippen LogP contribution in [0.4, 0.5) is 5.69 Å². The molecule has 0 bridgehead atoms. The molecule has 0 aliphatic rings. The molecular formula is C20H23N3O4S. The Kier molecular flexibility index (Phi) is 5.16. The smallest absolute Gasteiger partial charge is 0.296 e. The molecule has 3 aromatic rings. The fourth-order valence-electron chi connectivity index (χ4n) is 3.31. The van der Waals surface area contributed by atoms with Gasteiger partial charge in [0.1, 0.15) is 0 Å². The first-order chi connectivity index (χ1) is 13.2. The lowest BCUT2D eigenvalue weighted by Gasteiger charge is -2.16. The van der Waals surface area contributed by atoms with Crippen molar-refractivity contribution in [1.82, 2.24) is 9.13 Å². The van der Waals surface area contributed by atoms with Crippen LogP contribution in [0.25, 0.3) is 10.9 Å². The van der Waals surface area contributed by atoms with Crippen molar-refractivity contribution in [2.45, 2.75) is 31.6 Å². The second-order valence-electron chi connectivity index (χ2n) is 6.65. The molecule has 0 aliphatic carbocycles. The third-order valence-corrected chi connectivity index (χ3v) is 6.33. The number of fused-ring (bicyclic) bond motifs is 1. The summed E-state index contributed by atoms with van der Waals surface area (Å²) >= 11 is 0. The van der Waals surface area contributed by atoms with E-state index in [1.54, 1.807) is 7.05 Å². The number of anilines is 1. The summed E-state index contributed by atoms with van der Waals surface area (Å²) in [6, 6.07) is 9.91. The lowest BCUT2D eigenvalue weighted by molar-refractivity contribution is 0.601. The van der Waals surface area contributed by atoms with Gasteiger partial charge in [0.25, 0.3) is 15.6 Å². The highest BCUT2D eigenvalue weighted by Gasteiger charge is 2.20. The Balaban J connectivity index is 2.18. The predicted molar refractivity (Wildman–Crippen MR) is 110 cm³/mol. The number of hydrogen-bond acceptors (Lipinski definition) is 4. The van der Waals surface area contributed by atoms with Gasteiger partial charge in [-0.3, -0.25) is 18.7 Å². The van der Waals surface area contributed by atoms with Crippen molar-refractivity contribution in [2.75, 3.05) is 4.72 Å². The molecule has 0 atom stereocenters. The molecule has 0 saturated carbocycles. The minimum atomic E-state index is -3.91. The molecule has 0 aliphatic heterocycles. The standard InChI is InChI=1S/C20H23N3O4S/c1-5-13-8-7-9-14(6-2)18(13)21-28(26,27)15-10-11-17-16(12-15)19(24)23(4)20(25)22(17)3/h7-12,21H,5-6H2,1-4H3. The van der Waals surface area contributed by atoms with E-state index in [1.807, 2.05) is 32.0 Å². The first-order valence-corrected chi connectivity index (χ1v) is 10.5. The van der Waals surface area contributed by atoms with Crippen LogP contribution < -0.4 is 16.0 Å². The minimum Gasteiger partial charge on any atom is -0.296 e. The number of nitrogens with one attached hydrogen (secondary N) is 1. The van der Waals surface area contributed by atoms with E-state index in [0.29, 0.717) is 24.0 Å². The summed E-state index contributed by atoms with van der Waals surface area (Å²) in [5.74, 6) is 0. The SMILES string of the molecule is CCc1cccc(CC)c1NS(=O)(=O)c1ccc2c(c1)c(=O)n(C)c(=O)n2C. The number of sulfonamides is 1. The van der Waals surface area contributed by atoms with E-state index in [9.17, 15) is 18.0 Å². The van der Waals surface area contributed by atoms with E-state index in [1.165, 1.54) is 29.8 Å². The number of hydrogen-bond donors (Lipinski definition) is 1. The molecule has 1 N–H and O–H groups in total. The summed E-state index contributed by atoms with van der Waals surface area (Å²) in [6.45, 7) is 3.93. The first-order valence-electron chi connectivity index (χ1n) is 9.04. The molecule has 7 nitrogen and oxygen atoms in total. The van der Waals surface area contributed by atoms with Gasteiger partial charge in [-0.25, -0.2) is 13.2 Å². The maximum absolute atomic E-state index is 13.0. The molecule has 0 saturated heterocycles. The molecule has 1 aromatic heterocycles. The topological polar surface area (TPSA) is 90.2 Å². The molecule has 1 heterocycles. The fraction of sp³-hybridized carbons (Fsp3) is 0.300. The van der Waals surface area contributed by atoms with E-state index in [4.69, 9.17) is 0 Å². The summed E-state index contributed by atoms with van der Waals surface area (Å²) in [4.78, 5) is 24.5. The summed E-state index contributed by atoms with van der Waals surface area (Å²) in [6.07, 6.45) is 1.37. The monoisotopic (exact) mass is 401 g/mol. The van der Waals surface area contributed by atoms with Gasteiger partial charge in [0.2, 0.25) is 0 Å². The average Bonchev–Trinajstić information content (AvgIpc) is 2.70. The fourth-order valence-corrected chi connectivity index (χ4v) is 4.48. The van der Waals surface area contributed by atoms with Crippen LogP contribution in [0.5, 0.6) is 0 Å². The van der Waals surface area contributed by atoms with Gasteiger partial charge >= 0.3 is 5.69 Å². The molecule has 3 rings (SSSR count). The van der Waals surface area contributed by atoms with Crippen molar-refractivity contribution < 1.29 is 8.42 Å². The molecular weight excluding hydrogens is 378 g/mol. The third-order valence-electron chi connectivity index (χ3n) is 4.98. The number of rotatable bonds is 5. The van der Waals surface area contributed by atoms with Gasteiger partial charge in [0, 0.05) is 14.1 Å². The van der Waals surface area contributed by atoms with Crippen molar-refractivity contribution in [2.24, 2.45) is 14.1 Å². The number of aromatic nitrogens is 2. The molecule has 8 heteroatoms. The Morgan fingerprint density at radius 2 is 1.54 bits per heavy atom. The Hall–Kier alpha value is -2.87. The number of benzene rings is 2. The van der Waals surface area contributed by atoms with Gasteiger partial charge in [-0.15, -0.1) is 0 Å². The second kappa shape index (κ2) is 7.27. The van der Waals surface area contributed by atoms with Crippen molar-refractivity contribution in [1.29, 1.82) is 0 Å². The molecule has 0 radical (unpaired) electrons. The average molecular weight is 401 g/mol. The summed E-state index contributed by atoms with van der Waals surface area (Å²) < 4.78 is 31.1. The van der Waals surface area contributed by atoms with Crippen molar-refractivity contribution in [3.8, 4) is 0 Å². The summed E-state index contributed by atoms with van der Waals surface area (Å²) in [5, 5.41) is 0.173. The number of aryl methyl sites for hydroxylation is 3. The zero-order valence-corrected chi connectivity index (χ0v) is 17.1. The highest BCUT2D eigenvalue weighted by atomic mass is 32.2. The lowest BCUT2D eigenvalue weighted by Crippen LogP contribution is -2.37. The maximum atomic E-state index is 13.0. The van der Waals surface area contributed by atoms with Crippen molar-refractivity contribution in [3.63, 3.8) is 0 Å². The normalized spacial score (nSPS) is 11.7. The molecule has 148 valence electrons. The van der Waals surface area contributed by atoms with Gasteiger partial charge in [-0.1, -0.05) is 32.0 Å². The van der Waals surface area contributed by atoms with Crippen LogP contribution in [0, 0.1) is 0 Å². The number of para-hydroxylation sites is 1. The van der Waals surface area contributed by atoms with Gasteiger partial charge in [0.05, 0.1) is 21.5 Å². The van der Waals surface area contributed by atoms with Gasteiger partial charge in [0.15, 0.2) is 0 Å². The first kappa shape index (κ1) is 19.9. The van der Waals surface area contributed by atoms with E-state index < -0.39 is 21.3 Å². The predicted octanol–water partition coefficient (Wildman–Crippen LogP) is 2.16. The number of nitrogens with zero attached hydrogens (tertiary/aromatic N) is 2. The second-order valence-corrected chi connectivity index (χ2v) is 8.33. The zero-order chi connectivity index (χ0) is 20.6. The van der Waals surface area contributed by atoms with Crippen molar-refractivity contribution in [3.05, 3.63) is 68.4 Å². The molecule has 0 fully saturated rings. The minimum absolute atomic E-state index is 0.0243. The quantitative estimate of drug-likeness (QED) is 0.709. The Labute approximate surface area is 163 Å². The highest BCUT2D eigenvalue weighted by Crippen LogP contribution is 2.26. The van der Waals surface area contributed by atoms with Crippen LogP contribution >= 0.6 is 0 Å². The lowest BCUT2D eigenvalue weighted by atomic mass is 10.0. The van der Waals surface area contributed by atoms with Crippen LogP contribution in [0.2, 0.25) is 0 Å². The van der Waals surface area contributed by atoms with Crippen LogP contribution in [-0.2, 0) is 37.0 Å². The zero-order valence-electron chi connectivity index (χ0n) is 16.3. The van der Waals surface area contributed by atoms with Crippen LogP contribution in [0.1, 0.15) is 25.0 Å². The third kappa shape index (κ3) is 3.24. The molecule has 0 spiro atoms. The summed E-state index contributed by atoms with van der Waals surface area (Å²) in [7, 11) is -0.995. The van der Waals surface area contributed by atoms with Gasteiger partial charge in [-0.05, 0) is 42.2 Å². The Bertz CT molecular complexity index is 1270. The molecule has 28 heavy (non-hydrogen) atoms. The van der Waals surface area contributed by atoms with Gasteiger partial charge < -0.3 is 0 Å². The maximum Gasteiger partial charge on any atom is 0.330 e. The van der Waals surface area contributed by atoms with Crippen LogP contribution in [-0.4, -0.2) is 17.6 Å². The van der Waals surface area contributed by atoms with E-state index >= 15 is 0 Å². The summed E-state index contributed by atoms with van der Waals surface area (Å²) in [5.41, 5.74) is 1.79. The van der Waals surface area contributed by atoms with Crippen LogP contribution in [0.3, 0.4) is 0 Å². The largest absolute Gasteiger partial charge is 0.330 e. The Morgan fingerprint density at radius 3 is 2.11 bits per heavy atom. The van der Waals surface area contributed by atoms with E-state index in [-0.39, 0.29) is 10.3 Å². The van der Waals surface area contributed by atoms with E-state index in [2.05, 4.69) is 4.72 Å². The van der Waals surface area contributed by atoms with Crippen molar-refractivity contribution >= 4 is 26.6 Å². The van der Waals surface area contributed by atoms with Crippen LogP contribution in [0.15, 0.2) is 50.9 Å². The molecule has 2 aromatic carbocycles. The van der Waals surface area contributed by atoms with E-state index in [0.717, 1.165) is 15.7 Å². The highest BCUT2D eigenvalue weighted by molar-refractivity contribution is 7.92. The molecule has 0 amide bonds. The van der Waals surface area contributed by atoms with Gasteiger partial charge in [-0.2, -0.15) is 0 Å². The Morgan fingerprint density at radius 1 is 0.929 bits per heavy atom. The molecule has 0 unspecified atom stereocenters.